The van der Waals surface area contributed by atoms with Crippen LogP contribution in [0.15, 0.2) is 18.2 Å². The molecule has 0 aliphatic carbocycles. The average Bonchev–Trinajstić information content (AvgIpc) is 2.70. The second-order valence-electron chi connectivity index (χ2n) is 3.87. The lowest BCUT2D eigenvalue weighted by molar-refractivity contribution is -0.637. The van der Waals surface area contributed by atoms with E-state index < -0.39 is 0 Å². The molecule has 1 saturated heterocycles. The second-order valence-corrected chi connectivity index (χ2v) is 4.28. The molecule has 0 aromatic heterocycles. The number of benzene rings is 1. The fourth-order valence-electron chi connectivity index (χ4n) is 2.12. The molecule has 4 heteroatoms. The molecule has 0 amide bonds. The van der Waals surface area contributed by atoms with Crippen LogP contribution in [0.25, 0.3) is 0 Å². The Morgan fingerprint density at radius 1 is 1.47 bits per heavy atom. The van der Waals surface area contributed by atoms with Crippen LogP contribution in [0.3, 0.4) is 0 Å². The molecule has 1 aliphatic rings. The zero-order valence-electron chi connectivity index (χ0n) is 8.21. The molecule has 0 spiro atoms. The van der Waals surface area contributed by atoms with Gasteiger partial charge in [-0.05, 0) is 17.7 Å². The summed E-state index contributed by atoms with van der Waals surface area (Å²) in [4.78, 5) is 0. The minimum Gasteiger partial charge on any atom is -0.345 e. The number of nitrogens with two attached hydrogens (primary N) is 1. The third kappa shape index (κ3) is 2.03. The summed E-state index contributed by atoms with van der Waals surface area (Å²) in [5, 5.41) is 9.63. The number of hydrogen-bond donors (Lipinski definition) is 2. The first-order chi connectivity index (χ1) is 7.22. The van der Waals surface area contributed by atoms with Gasteiger partial charge in [-0.15, -0.1) is 0 Å². The summed E-state index contributed by atoms with van der Waals surface area (Å²) >= 11 is 5.63. The smallest absolute Gasteiger partial charge is 0.142 e. The predicted molar refractivity (Wildman–Crippen MR) is 58.1 cm³/mol. The van der Waals surface area contributed by atoms with E-state index in [0.717, 1.165) is 18.7 Å². The fourth-order valence-corrected chi connectivity index (χ4v) is 2.24. The standard InChI is InChI=1S/C11H12ClFN2/c12-10-2-1-7(3-11(10)13)9-6-15-5-8(9)4-14/h1-4,8-9,14-15H,5-6H2/p+1. The van der Waals surface area contributed by atoms with Crippen LogP contribution in [0.1, 0.15) is 11.5 Å². The van der Waals surface area contributed by atoms with Crippen LogP contribution in [0.2, 0.25) is 5.02 Å². The summed E-state index contributed by atoms with van der Waals surface area (Å²) in [6.45, 7) is 1.83. The summed E-state index contributed by atoms with van der Waals surface area (Å²) in [5.74, 6) is 0.0876. The Hall–Kier alpha value is -0.930. The summed E-state index contributed by atoms with van der Waals surface area (Å²) in [7, 11) is 0. The van der Waals surface area contributed by atoms with Gasteiger partial charge in [-0.2, -0.15) is 0 Å². The topological polar surface area (TPSA) is 40.5 Å². The average molecular weight is 228 g/mol. The third-order valence-corrected chi connectivity index (χ3v) is 3.27. The highest BCUT2D eigenvalue weighted by Crippen LogP contribution is 2.26. The third-order valence-electron chi connectivity index (χ3n) is 2.96. The Bertz CT molecular complexity index is 381. The molecule has 2 rings (SSSR count). The molecule has 1 aromatic carbocycles. The van der Waals surface area contributed by atoms with Crippen molar-refractivity contribution < 1.29 is 9.71 Å². The lowest BCUT2D eigenvalue weighted by Gasteiger charge is -2.12. The van der Waals surface area contributed by atoms with Crippen LogP contribution >= 0.6 is 11.6 Å². The van der Waals surface area contributed by atoms with E-state index in [4.69, 9.17) is 17.0 Å². The minimum atomic E-state index is -0.371. The van der Waals surface area contributed by atoms with Crippen molar-refractivity contribution in [2.45, 2.75) is 5.92 Å². The van der Waals surface area contributed by atoms with E-state index in [1.165, 1.54) is 12.3 Å². The summed E-state index contributed by atoms with van der Waals surface area (Å²) in [5.41, 5.74) is 0.944. The number of nitrogens with one attached hydrogen (secondary N) is 1. The van der Waals surface area contributed by atoms with Crippen molar-refractivity contribution in [1.82, 2.24) is 0 Å². The number of hydrogen-bond acceptors (Lipinski definition) is 1. The normalized spacial score (nSPS) is 25.5. The minimum absolute atomic E-state index is 0.159. The molecule has 1 aromatic rings. The maximum Gasteiger partial charge on any atom is 0.142 e. The van der Waals surface area contributed by atoms with Gasteiger partial charge in [-0.1, -0.05) is 17.7 Å². The Balaban J connectivity index is 2.28. The molecule has 2 atom stereocenters. The van der Waals surface area contributed by atoms with Gasteiger partial charge in [-0.25, -0.2) is 4.39 Å². The van der Waals surface area contributed by atoms with E-state index in [9.17, 15) is 4.39 Å². The van der Waals surface area contributed by atoms with E-state index >= 15 is 0 Å². The first-order valence-corrected chi connectivity index (χ1v) is 5.37. The molecule has 15 heavy (non-hydrogen) atoms. The molecule has 2 nitrogen and oxygen atoms in total. The first kappa shape index (κ1) is 10.6. The van der Waals surface area contributed by atoms with Gasteiger partial charge in [0.25, 0.3) is 0 Å². The number of quaternary nitrogens is 1. The molecule has 1 aliphatic heterocycles. The van der Waals surface area contributed by atoms with Gasteiger partial charge in [0.15, 0.2) is 0 Å². The van der Waals surface area contributed by atoms with Gasteiger partial charge in [0.05, 0.1) is 24.0 Å². The summed E-state index contributed by atoms with van der Waals surface area (Å²) in [6, 6.07) is 4.93. The maximum atomic E-state index is 13.3. The Kier molecular flexibility index (Phi) is 3.03. The van der Waals surface area contributed by atoms with Gasteiger partial charge >= 0.3 is 0 Å². The van der Waals surface area contributed by atoms with Crippen molar-refractivity contribution in [3.63, 3.8) is 0 Å². The largest absolute Gasteiger partial charge is 0.345 e. The maximum absolute atomic E-state index is 13.3. The van der Waals surface area contributed by atoms with Gasteiger partial charge in [0.1, 0.15) is 5.82 Å². The Morgan fingerprint density at radius 2 is 2.27 bits per heavy atom. The first-order valence-electron chi connectivity index (χ1n) is 4.99. The van der Waals surface area contributed by atoms with Crippen LogP contribution < -0.4 is 5.32 Å². The van der Waals surface area contributed by atoms with E-state index in [0.29, 0.717) is 0 Å². The van der Waals surface area contributed by atoms with E-state index in [-0.39, 0.29) is 22.7 Å². The molecule has 80 valence electrons. The number of halogens is 2. The molecule has 0 saturated carbocycles. The van der Waals surface area contributed by atoms with Crippen LogP contribution in [0.5, 0.6) is 0 Å². The monoisotopic (exact) mass is 227 g/mol. The van der Waals surface area contributed by atoms with E-state index in [2.05, 4.69) is 5.32 Å². The molecule has 3 N–H and O–H groups in total. The molecular weight excluding hydrogens is 215 g/mol. The van der Waals surface area contributed by atoms with Gasteiger partial charge in [0.2, 0.25) is 0 Å². The van der Waals surface area contributed by atoms with Crippen molar-refractivity contribution in [3.8, 4) is 0 Å². The highest BCUT2D eigenvalue weighted by atomic mass is 35.5. The highest BCUT2D eigenvalue weighted by molar-refractivity contribution is 6.30. The van der Waals surface area contributed by atoms with Gasteiger partial charge in [-0.3, -0.25) is 0 Å². The molecule has 0 bridgehead atoms. The van der Waals surface area contributed by atoms with Crippen LogP contribution in [-0.4, -0.2) is 19.3 Å². The molecule has 1 fully saturated rings. The van der Waals surface area contributed by atoms with Crippen molar-refractivity contribution in [2.75, 3.05) is 13.1 Å². The number of rotatable bonds is 2. The van der Waals surface area contributed by atoms with Crippen molar-refractivity contribution in [1.29, 1.82) is 5.41 Å². The Labute approximate surface area is 93.0 Å². The van der Waals surface area contributed by atoms with E-state index in [1.54, 1.807) is 6.07 Å². The molecule has 2 unspecified atom stereocenters. The second kappa shape index (κ2) is 4.29. The molecule has 1 heterocycles. The van der Waals surface area contributed by atoms with Gasteiger partial charge in [0, 0.05) is 12.1 Å². The zero-order chi connectivity index (χ0) is 10.8. The van der Waals surface area contributed by atoms with Crippen molar-refractivity contribution in [2.24, 2.45) is 5.92 Å². The van der Waals surface area contributed by atoms with Crippen molar-refractivity contribution in [3.05, 3.63) is 34.6 Å². The quantitative estimate of drug-likeness (QED) is 0.718. The fraction of sp³-hybridized carbons (Fsp3) is 0.364. The highest BCUT2D eigenvalue weighted by Gasteiger charge is 2.30. The SMILES string of the molecule is N=CC1C[NH2+]CC1c1ccc(Cl)c(F)c1. The van der Waals surface area contributed by atoms with E-state index in [1.807, 2.05) is 6.07 Å². The van der Waals surface area contributed by atoms with Crippen LogP contribution in [0, 0.1) is 17.1 Å². The predicted octanol–water partition coefficient (Wildman–Crippen LogP) is 1.41. The Morgan fingerprint density at radius 3 is 2.93 bits per heavy atom. The van der Waals surface area contributed by atoms with Crippen LogP contribution in [0.4, 0.5) is 4.39 Å². The molecular formula is C11H13ClFN2+. The lowest BCUT2D eigenvalue weighted by atomic mass is 9.90. The lowest BCUT2D eigenvalue weighted by Crippen LogP contribution is -2.81. The zero-order valence-corrected chi connectivity index (χ0v) is 8.97. The van der Waals surface area contributed by atoms with Gasteiger partial charge < -0.3 is 10.7 Å². The summed E-state index contributed by atoms with van der Waals surface area (Å²) in [6.07, 6.45) is 1.46. The van der Waals surface area contributed by atoms with Crippen molar-refractivity contribution >= 4 is 17.8 Å². The van der Waals surface area contributed by atoms with Crippen LogP contribution in [-0.2, 0) is 0 Å². The summed E-state index contributed by atoms with van der Waals surface area (Å²) < 4.78 is 13.3. The molecule has 0 radical (unpaired) electrons.